The maximum atomic E-state index is 14.4. The Balaban J connectivity index is 1.77. The van der Waals surface area contributed by atoms with E-state index in [0.717, 1.165) is 11.1 Å². The van der Waals surface area contributed by atoms with Gasteiger partial charge in [-0.05, 0) is 29.3 Å². The van der Waals surface area contributed by atoms with Crippen molar-refractivity contribution in [1.82, 2.24) is 30.6 Å². The molecule has 7 nitrogen and oxygen atoms in total. The fraction of sp³-hybridized carbons (Fsp3) is 0.118. The molecule has 0 aliphatic rings. The van der Waals surface area contributed by atoms with E-state index < -0.39 is 5.82 Å². The molecular formula is C17H12Cl2FN7. The second-order valence-corrected chi connectivity index (χ2v) is 6.49. The van der Waals surface area contributed by atoms with Gasteiger partial charge in [0.2, 0.25) is 0 Å². The fourth-order valence-electron chi connectivity index (χ4n) is 2.76. The minimum absolute atomic E-state index is 0.218. The Bertz CT molecular complexity index is 1100. The first-order chi connectivity index (χ1) is 13.1. The monoisotopic (exact) mass is 403 g/mol. The van der Waals surface area contributed by atoms with E-state index in [1.807, 2.05) is 6.07 Å². The Morgan fingerprint density at radius 1 is 1.07 bits per heavy atom. The molecule has 0 spiro atoms. The van der Waals surface area contributed by atoms with Crippen molar-refractivity contribution in [2.75, 3.05) is 11.9 Å². The van der Waals surface area contributed by atoms with Crippen molar-refractivity contribution in [2.45, 2.75) is 6.42 Å². The van der Waals surface area contributed by atoms with Gasteiger partial charge in [0.1, 0.15) is 23.5 Å². The zero-order valence-corrected chi connectivity index (χ0v) is 15.3. The van der Waals surface area contributed by atoms with Crippen molar-refractivity contribution in [1.29, 1.82) is 0 Å². The van der Waals surface area contributed by atoms with E-state index in [-0.39, 0.29) is 5.52 Å². The van der Waals surface area contributed by atoms with Crippen LogP contribution >= 0.6 is 23.2 Å². The number of halogens is 3. The van der Waals surface area contributed by atoms with Crippen molar-refractivity contribution >= 4 is 39.9 Å². The Hall–Kier alpha value is -2.84. The molecule has 2 aromatic carbocycles. The number of aromatic amines is 1. The van der Waals surface area contributed by atoms with E-state index in [9.17, 15) is 4.39 Å². The lowest BCUT2D eigenvalue weighted by atomic mass is 10.0. The summed E-state index contributed by atoms with van der Waals surface area (Å²) in [6.45, 7) is 0.489. The number of benzene rings is 2. The highest BCUT2D eigenvalue weighted by Gasteiger charge is 2.15. The third-order valence-electron chi connectivity index (χ3n) is 4.00. The van der Waals surface area contributed by atoms with Gasteiger partial charge in [-0.2, -0.15) is 5.21 Å². The zero-order valence-electron chi connectivity index (χ0n) is 13.7. The molecule has 2 N–H and O–H groups in total. The van der Waals surface area contributed by atoms with Crippen molar-refractivity contribution in [3.63, 3.8) is 0 Å². The molecule has 0 unspecified atom stereocenters. The predicted molar refractivity (Wildman–Crippen MR) is 101 cm³/mol. The van der Waals surface area contributed by atoms with Gasteiger partial charge in [0, 0.05) is 13.0 Å². The van der Waals surface area contributed by atoms with Crippen LogP contribution < -0.4 is 5.32 Å². The van der Waals surface area contributed by atoms with Crippen LogP contribution in [-0.4, -0.2) is 37.1 Å². The maximum absolute atomic E-state index is 14.4. The van der Waals surface area contributed by atoms with Gasteiger partial charge in [0.25, 0.3) is 0 Å². The van der Waals surface area contributed by atoms with Gasteiger partial charge in [-0.25, -0.2) is 14.4 Å². The van der Waals surface area contributed by atoms with Crippen LogP contribution in [0.4, 0.5) is 10.2 Å². The number of H-pyrrole nitrogens is 1. The molecule has 136 valence electrons. The Kier molecular flexibility index (Phi) is 4.83. The number of tetrazole rings is 1. The first-order valence-corrected chi connectivity index (χ1v) is 8.74. The second-order valence-electron chi connectivity index (χ2n) is 5.67. The van der Waals surface area contributed by atoms with E-state index in [4.69, 9.17) is 23.2 Å². The number of rotatable bonds is 5. The molecule has 0 radical (unpaired) electrons. The van der Waals surface area contributed by atoms with Crippen LogP contribution in [0, 0.1) is 5.82 Å². The number of nitrogens with one attached hydrogen (secondary N) is 2. The van der Waals surface area contributed by atoms with Crippen LogP contribution in [0.1, 0.15) is 5.82 Å². The summed E-state index contributed by atoms with van der Waals surface area (Å²) in [4.78, 5) is 8.38. The highest BCUT2D eigenvalue weighted by atomic mass is 35.5. The molecule has 0 saturated heterocycles. The third-order valence-corrected chi connectivity index (χ3v) is 4.74. The van der Waals surface area contributed by atoms with Gasteiger partial charge >= 0.3 is 0 Å². The average molecular weight is 404 g/mol. The average Bonchev–Trinajstić information content (AvgIpc) is 3.18. The van der Waals surface area contributed by atoms with E-state index >= 15 is 0 Å². The number of aromatic nitrogens is 6. The van der Waals surface area contributed by atoms with E-state index in [1.54, 1.807) is 18.2 Å². The van der Waals surface area contributed by atoms with Crippen molar-refractivity contribution < 1.29 is 4.39 Å². The van der Waals surface area contributed by atoms with E-state index in [1.165, 1.54) is 12.4 Å². The maximum Gasteiger partial charge on any atom is 0.176 e. The normalized spacial score (nSPS) is 11.1. The summed E-state index contributed by atoms with van der Waals surface area (Å²) >= 11 is 12.2. The van der Waals surface area contributed by atoms with Gasteiger partial charge < -0.3 is 5.32 Å². The summed E-state index contributed by atoms with van der Waals surface area (Å²) in [5, 5.41) is 18.3. The summed E-state index contributed by atoms with van der Waals surface area (Å²) in [7, 11) is 0. The molecule has 0 fully saturated rings. The summed E-state index contributed by atoms with van der Waals surface area (Å²) in [6, 6.07) is 8.28. The number of hydrogen-bond donors (Lipinski definition) is 2. The van der Waals surface area contributed by atoms with E-state index in [2.05, 4.69) is 35.9 Å². The summed E-state index contributed by atoms with van der Waals surface area (Å²) < 4.78 is 14.4. The third kappa shape index (κ3) is 3.54. The largest absolute Gasteiger partial charge is 0.369 e. The Morgan fingerprint density at radius 3 is 2.74 bits per heavy atom. The van der Waals surface area contributed by atoms with Crippen LogP contribution in [0.25, 0.3) is 22.0 Å². The minimum atomic E-state index is -0.433. The standard InChI is InChI=1S/C17H12Cl2FN7/c18-11-3-1-9(7-12(11)19)10-2-4-13(20)16-15(10)17(23-8-22-16)21-6-5-14-24-26-27-25-14/h1-4,7-8H,5-6H2,(H,21,22,23)(H,24,25,26,27). The molecule has 2 aromatic heterocycles. The van der Waals surface area contributed by atoms with Gasteiger partial charge in [-0.15, -0.1) is 10.2 Å². The topological polar surface area (TPSA) is 92.3 Å². The molecule has 0 bridgehead atoms. The number of anilines is 1. The first-order valence-electron chi connectivity index (χ1n) is 7.98. The molecule has 0 aliphatic heterocycles. The SMILES string of the molecule is Fc1ccc(-c2ccc(Cl)c(Cl)c2)c2c(NCCc3nn[nH]n3)ncnc12. The van der Waals surface area contributed by atoms with Crippen molar-refractivity contribution in [2.24, 2.45) is 0 Å². The van der Waals surface area contributed by atoms with Crippen LogP contribution in [0.15, 0.2) is 36.7 Å². The van der Waals surface area contributed by atoms with Crippen LogP contribution in [-0.2, 0) is 6.42 Å². The second kappa shape index (κ2) is 7.42. The van der Waals surface area contributed by atoms with Gasteiger partial charge in [0.15, 0.2) is 5.82 Å². The van der Waals surface area contributed by atoms with Crippen LogP contribution in [0.3, 0.4) is 0 Å². The summed E-state index contributed by atoms with van der Waals surface area (Å²) in [5.41, 5.74) is 1.74. The number of hydrogen-bond acceptors (Lipinski definition) is 6. The molecule has 0 amide bonds. The molecule has 4 aromatic rings. The van der Waals surface area contributed by atoms with Gasteiger partial charge in [-0.3, -0.25) is 0 Å². The quantitative estimate of drug-likeness (QED) is 0.524. The van der Waals surface area contributed by atoms with Crippen molar-refractivity contribution in [3.05, 3.63) is 58.3 Å². The van der Waals surface area contributed by atoms with Crippen LogP contribution in [0.2, 0.25) is 10.0 Å². The molecule has 2 heterocycles. The molecule has 10 heteroatoms. The Morgan fingerprint density at radius 2 is 1.96 bits per heavy atom. The molecule has 0 saturated carbocycles. The highest BCUT2D eigenvalue weighted by Crippen LogP contribution is 2.35. The summed E-state index contributed by atoms with van der Waals surface area (Å²) in [6.07, 6.45) is 1.85. The predicted octanol–water partition coefficient (Wildman–Crippen LogP) is 3.91. The lowest BCUT2D eigenvalue weighted by Gasteiger charge is -2.13. The lowest BCUT2D eigenvalue weighted by Crippen LogP contribution is -2.09. The highest BCUT2D eigenvalue weighted by molar-refractivity contribution is 6.42. The number of nitrogens with zero attached hydrogens (tertiary/aromatic N) is 5. The smallest absolute Gasteiger partial charge is 0.176 e. The molecular weight excluding hydrogens is 392 g/mol. The minimum Gasteiger partial charge on any atom is -0.369 e. The lowest BCUT2D eigenvalue weighted by molar-refractivity contribution is 0.636. The van der Waals surface area contributed by atoms with Gasteiger partial charge in [-0.1, -0.05) is 40.5 Å². The molecule has 27 heavy (non-hydrogen) atoms. The zero-order chi connectivity index (χ0) is 18.8. The molecule has 4 rings (SSSR count). The van der Waals surface area contributed by atoms with Crippen LogP contribution in [0.5, 0.6) is 0 Å². The van der Waals surface area contributed by atoms with Gasteiger partial charge in [0.05, 0.1) is 15.4 Å². The molecule has 0 aliphatic carbocycles. The van der Waals surface area contributed by atoms with Crippen molar-refractivity contribution in [3.8, 4) is 11.1 Å². The summed E-state index contributed by atoms with van der Waals surface area (Å²) in [5.74, 6) is 0.637. The first kappa shape index (κ1) is 17.6. The fourth-order valence-corrected chi connectivity index (χ4v) is 3.06. The molecule has 0 atom stereocenters. The number of fused-ring (bicyclic) bond motifs is 1. The Labute approximate surface area is 162 Å². The van der Waals surface area contributed by atoms with E-state index in [0.29, 0.717) is 40.0 Å².